The minimum atomic E-state index is -0.913. The highest BCUT2D eigenvalue weighted by atomic mass is 16.2. The largest absolute Gasteiger partial charge is 0.369 e. The second-order valence-corrected chi connectivity index (χ2v) is 6.01. The Hall–Kier alpha value is -1.84. The van der Waals surface area contributed by atoms with Gasteiger partial charge in [-0.15, -0.1) is 0 Å². The van der Waals surface area contributed by atoms with E-state index in [1.165, 1.54) is 5.56 Å². The molecule has 1 atom stereocenters. The zero-order valence-electron chi connectivity index (χ0n) is 11.8. The molecule has 1 heterocycles. The van der Waals surface area contributed by atoms with Crippen LogP contribution in [-0.4, -0.2) is 23.3 Å². The summed E-state index contributed by atoms with van der Waals surface area (Å²) in [6.45, 7) is 2.77. The molecule has 106 valence electrons. The van der Waals surface area contributed by atoms with Crippen molar-refractivity contribution in [1.82, 2.24) is 4.90 Å². The third-order valence-corrected chi connectivity index (χ3v) is 4.83. The summed E-state index contributed by atoms with van der Waals surface area (Å²) >= 11 is 0. The van der Waals surface area contributed by atoms with E-state index in [4.69, 9.17) is 5.73 Å². The van der Waals surface area contributed by atoms with E-state index < -0.39 is 11.3 Å². The number of carbonyl (C=O) groups is 2. The molecule has 0 radical (unpaired) electrons. The van der Waals surface area contributed by atoms with E-state index in [1.54, 1.807) is 0 Å². The number of primary amides is 1. The van der Waals surface area contributed by atoms with Crippen molar-refractivity contribution < 1.29 is 9.59 Å². The standard InChI is InChI=1S/C16H20N2O2/c1-11-3-5-12(6-4-11)13-7-10-18(13)15(20)16(14(17)19)8-2-9-16/h3-6,13H,2,7-10H2,1H3,(H2,17,19). The van der Waals surface area contributed by atoms with Gasteiger partial charge in [-0.05, 0) is 31.7 Å². The van der Waals surface area contributed by atoms with Crippen LogP contribution >= 0.6 is 0 Å². The predicted molar refractivity (Wildman–Crippen MR) is 75.7 cm³/mol. The van der Waals surface area contributed by atoms with Gasteiger partial charge in [0.2, 0.25) is 11.8 Å². The molecule has 2 amide bonds. The average molecular weight is 272 g/mol. The lowest BCUT2D eigenvalue weighted by molar-refractivity contribution is -0.162. The Morgan fingerprint density at radius 1 is 1.25 bits per heavy atom. The molecule has 20 heavy (non-hydrogen) atoms. The van der Waals surface area contributed by atoms with Crippen LogP contribution in [0.4, 0.5) is 0 Å². The maximum Gasteiger partial charge on any atom is 0.238 e. The molecule has 1 aromatic rings. The number of rotatable bonds is 3. The molecule has 3 rings (SSSR count). The first-order valence-electron chi connectivity index (χ1n) is 7.22. The predicted octanol–water partition coefficient (Wildman–Crippen LogP) is 1.92. The van der Waals surface area contributed by atoms with Gasteiger partial charge in [-0.1, -0.05) is 36.2 Å². The summed E-state index contributed by atoms with van der Waals surface area (Å²) in [5.74, 6) is -0.517. The minimum Gasteiger partial charge on any atom is -0.369 e. The van der Waals surface area contributed by atoms with Crippen molar-refractivity contribution in [2.75, 3.05) is 6.54 Å². The number of aryl methyl sites for hydroxylation is 1. The van der Waals surface area contributed by atoms with Crippen LogP contribution < -0.4 is 5.73 Å². The highest BCUT2D eigenvalue weighted by Gasteiger charge is 2.53. The molecule has 2 aliphatic rings. The number of benzene rings is 1. The number of hydrogen-bond acceptors (Lipinski definition) is 2. The summed E-state index contributed by atoms with van der Waals surface area (Å²) in [4.78, 5) is 26.1. The normalized spacial score (nSPS) is 23.6. The van der Waals surface area contributed by atoms with Crippen molar-refractivity contribution in [3.05, 3.63) is 35.4 Å². The van der Waals surface area contributed by atoms with Gasteiger partial charge in [-0.3, -0.25) is 9.59 Å². The van der Waals surface area contributed by atoms with Crippen LogP contribution in [0.3, 0.4) is 0 Å². The van der Waals surface area contributed by atoms with Crippen LogP contribution in [0.5, 0.6) is 0 Å². The van der Waals surface area contributed by atoms with Crippen LogP contribution in [0.25, 0.3) is 0 Å². The fraction of sp³-hybridized carbons (Fsp3) is 0.500. The number of likely N-dealkylation sites (tertiary alicyclic amines) is 1. The summed E-state index contributed by atoms with van der Waals surface area (Å²) in [6, 6.07) is 8.36. The summed E-state index contributed by atoms with van der Waals surface area (Å²) < 4.78 is 0. The van der Waals surface area contributed by atoms with Crippen molar-refractivity contribution in [3.8, 4) is 0 Å². The van der Waals surface area contributed by atoms with Crippen molar-refractivity contribution in [1.29, 1.82) is 0 Å². The summed E-state index contributed by atoms with van der Waals surface area (Å²) in [7, 11) is 0. The molecule has 1 unspecified atom stereocenters. The molecular formula is C16H20N2O2. The minimum absolute atomic E-state index is 0.0620. The molecule has 1 aliphatic heterocycles. The fourth-order valence-electron chi connectivity index (χ4n) is 3.14. The number of amides is 2. The number of hydrogen-bond donors (Lipinski definition) is 1. The van der Waals surface area contributed by atoms with Crippen LogP contribution in [-0.2, 0) is 9.59 Å². The molecule has 0 aromatic heterocycles. The summed E-state index contributed by atoms with van der Waals surface area (Å²) in [6.07, 6.45) is 3.10. The average Bonchev–Trinajstić information content (AvgIpc) is 2.28. The molecule has 1 aromatic carbocycles. The number of carbonyl (C=O) groups excluding carboxylic acids is 2. The maximum atomic E-state index is 12.6. The van der Waals surface area contributed by atoms with Gasteiger partial charge in [0, 0.05) is 6.54 Å². The molecule has 1 aliphatic carbocycles. The van der Waals surface area contributed by atoms with Gasteiger partial charge in [-0.25, -0.2) is 0 Å². The Balaban J connectivity index is 1.79. The third-order valence-electron chi connectivity index (χ3n) is 4.83. The van der Waals surface area contributed by atoms with Crippen LogP contribution in [0, 0.1) is 12.3 Å². The molecule has 1 saturated heterocycles. The Bertz CT molecular complexity index is 546. The van der Waals surface area contributed by atoms with E-state index in [-0.39, 0.29) is 11.9 Å². The van der Waals surface area contributed by atoms with Crippen LogP contribution in [0.15, 0.2) is 24.3 Å². The molecular weight excluding hydrogens is 252 g/mol. The number of nitrogens with two attached hydrogens (primary N) is 1. The summed E-state index contributed by atoms with van der Waals surface area (Å²) in [5.41, 5.74) is 6.91. The lowest BCUT2D eigenvalue weighted by atomic mass is 9.66. The van der Waals surface area contributed by atoms with Gasteiger partial charge in [0.25, 0.3) is 0 Å². The lowest BCUT2D eigenvalue weighted by Gasteiger charge is -2.48. The maximum absolute atomic E-state index is 12.6. The highest BCUT2D eigenvalue weighted by molar-refractivity contribution is 6.05. The fourth-order valence-corrected chi connectivity index (χ4v) is 3.14. The SMILES string of the molecule is Cc1ccc(C2CCN2C(=O)C2(C(N)=O)CCC2)cc1. The topological polar surface area (TPSA) is 63.4 Å². The van der Waals surface area contributed by atoms with E-state index in [2.05, 4.69) is 24.3 Å². The van der Waals surface area contributed by atoms with Gasteiger partial charge in [0.1, 0.15) is 5.41 Å². The first-order valence-corrected chi connectivity index (χ1v) is 7.22. The molecule has 2 fully saturated rings. The van der Waals surface area contributed by atoms with Gasteiger partial charge in [0.15, 0.2) is 0 Å². The van der Waals surface area contributed by atoms with Crippen molar-refractivity contribution in [2.24, 2.45) is 11.1 Å². The van der Waals surface area contributed by atoms with E-state index in [9.17, 15) is 9.59 Å². The Morgan fingerprint density at radius 2 is 1.90 bits per heavy atom. The molecule has 1 saturated carbocycles. The number of nitrogens with zero attached hydrogens (tertiary/aromatic N) is 1. The Kier molecular flexibility index (Phi) is 3.04. The second kappa shape index (κ2) is 4.62. The molecule has 0 spiro atoms. The Labute approximate surface area is 118 Å². The van der Waals surface area contributed by atoms with E-state index in [1.807, 2.05) is 11.8 Å². The highest BCUT2D eigenvalue weighted by Crippen LogP contribution is 2.46. The van der Waals surface area contributed by atoms with Crippen LogP contribution in [0.1, 0.15) is 42.9 Å². The van der Waals surface area contributed by atoms with E-state index >= 15 is 0 Å². The lowest BCUT2D eigenvalue weighted by Crippen LogP contribution is -2.59. The monoisotopic (exact) mass is 272 g/mol. The Morgan fingerprint density at radius 3 is 2.30 bits per heavy atom. The second-order valence-electron chi connectivity index (χ2n) is 6.01. The molecule has 0 bridgehead atoms. The van der Waals surface area contributed by atoms with E-state index in [0.717, 1.165) is 24.9 Å². The first kappa shape index (κ1) is 13.2. The summed E-state index contributed by atoms with van der Waals surface area (Å²) in [5, 5.41) is 0. The third kappa shape index (κ3) is 1.82. The first-order chi connectivity index (χ1) is 9.54. The quantitative estimate of drug-likeness (QED) is 0.854. The molecule has 2 N–H and O–H groups in total. The zero-order valence-corrected chi connectivity index (χ0v) is 11.8. The van der Waals surface area contributed by atoms with Crippen molar-refractivity contribution in [2.45, 2.75) is 38.6 Å². The van der Waals surface area contributed by atoms with Gasteiger partial charge in [-0.2, -0.15) is 0 Å². The molecule has 4 heteroatoms. The van der Waals surface area contributed by atoms with Crippen LogP contribution in [0.2, 0.25) is 0 Å². The van der Waals surface area contributed by atoms with Crippen molar-refractivity contribution >= 4 is 11.8 Å². The van der Waals surface area contributed by atoms with Gasteiger partial charge < -0.3 is 10.6 Å². The van der Waals surface area contributed by atoms with E-state index in [0.29, 0.717) is 12.8 Å². The molecule has 4 nitrogen and oxygen atoms in total. The van der Waals surface area contributed by atoms with Gasteiger partial charge >= 0.3 is 0 Å². The smallest absolute Gasteiger partial charge is 0.238 e. The zero-order chi connectivity index (χ0) is 14.3. The van der Waals surface area contributed by atoms with Crippen molar-refractivity contribution in [3.63, 3.8) is 0 Å². The van der Waals surface area contributed by atoms with Gasteiger partial charge in [0.05, 0.1) is 6.04 Å².